The van der Waals surface area contributed by atoms with Gasteiger partial charge in [-0.05, 0) is 12.5 Å². The number of hydrogen-bond donors (Lipinski definition) is 0. The molecule has 0 saturated heterocycles. The van der Waals surface area contributed by atoms with Gasteiger partial charge in [-0.3, -0.25) is 14.9 Å². The van der Waals surface area contributed by atoms with E-state index < -0.39 is 4.92 Å². The molecule has 0 aromatic heterocycles. The third-order valence-electron chi connectivity index (χ3n) is 2.83. The van der Waals surface area contributed by atoms with Gasteiger partial charge in [0.1, 0.15) is 0 Å². The van der Waals surface area contributed by atoms with Crippen molar-refractivity contribution < 1.29 is 9.72 Å². The summed E-state index contributed by atoms with van der Waals surface area (Å²) in [4.78, 5) is 24.8. The zero-order valence-electron chi connectivity index (χ0n) is 10.1. The highest BCUT2D eigenvalue weighted by atomic mass is 32.2. The van der Waals surface area contributed by atoms with E-state index in [1.807, 2.05) is 0 Å². The highest BCUT2D eigenvalue weighted by molar-refractivity contribution is 8.00. The van der Waals surface area contributed by atoms with E-state index in [4.69, 9.17) is 0 Å². The maximum absolute atomic E-state index is 11.9. The molecule has 6 heteroatoms. The average Bonchev–Trinajstić information content (AvgIpc) is 2.37. The fourth-order valence-corrected chi connectivity index (χ4v) is 2.78. The van der Waals surface area contributed by atoms with Crippen LogP contribution < -0.4 is 4.90 Å². The Morgan fingerprint density at radius 3 is 2.94 bits per heavy atom. The summed E-state index contributed by atoms with van der Waals surface area (Å²) >= 11 is 1.44. The number of carbonyl (C=O) groups is 1. The third-order valence-corrected chi connectivity index (χ3v) is 3.88. The van der Waals surface area contributed by atoms with Crippen LogP contribution in [0.1, 0.15) is 19.8 Å². The summed E-state index contributed by atoms with van der Waals surface area (Å²) in [6.45, 7) is 2.68. The van der Waals surface area contributed by atoms with Crippen LogP contribution in [-0.4, -0.2) is 23.1 Å². The first-order valence-corrected chi connectivity index (χ1v) is 6.83. The molecule has 0 N–H and O–H groups in total. The summed E-state index contributed by atoms with van der Waals surface area (Å²) < 4.78 is 0. The number of nitro benzene ring substituents is 1. The second kappa shape index (κ2) is 5.39. The molecule has 0 aliphatic carbocycles. The number of amides is 1. The molecule has 0 fully saturated rings. The van der Waals surface area contributed by atoms with Gasteiger partial charge in [0.15, 0.2) is 0 Å². The quantitative estimate of drug-likeness (QED) is 0.621. The van der Waals surface area contributed by atoms with Gasteiger partial charge in [0.05, 0.1) is 16.4 Å². The van der Waals surface area contributed by atoms with E-state index in [1.165, 1.54) is 23.9 Å². The maximum atomic E-state index is 11.9. The first kappa shape index (κ1) is 12.9. The topological polar surface area (TPSA) is 63.5 Å². The molecule has 1 heterocycles. The summed E-state index contributed by atoms with van der Waals surface area (Å²) in [5, 5.41) is 10.8. The van der Waals surface area contributed by atoms with Gasteiger partial charge in [0, 0.05) is 23.6 Å². The van der Waals surface area contributed by atoms with Gasteiger partial charge in [-0.15, -0.1) is 11.8 Å². The van der Waals surface area contributed by atoms with E-state index >= 15 is 0 Å². The Morgan fingerprint density at radius 1 is 1.50 bits per heavy atom. The second-order valence-corrected chi connectivity index (χ2v) is 5.11. The van der Waals surface area contributed by atoms with Gasteiger partial charge in [0.25, 0.3) is 5.69 Å². The Balaban J connectivity index is 2.36. The van der Waals surface area contributed by atoms with E-state index in [-0.39, 0.29) is 11.6 Å². The summed E-state index contributed by atoms with van der Waals surface area (Å²) in [7, 11) is 0. The van der Waals surface area contributed by atoms with Gasteiger partial charge < -0.3 is 4.90 Å². The van der Waals surface area contributed by atoms with Crippen LogP contribution in [0.2, 0.25) is 0 Å². The molecular weight excluding hydrogens is 252 g/mol. The number of anilines is 1. The maximum Gasteiger partial charge on any atom is 0.271 e. The van der Waals surface area contributed by atoms with E-state index in [0.29, 0.717) is 18.0 Å². The van der Waals surface area contributed by atoms with Crippen molar-refractivity contribution in [2.75, 3.05) is 17.2 Å². The molecule has 0 atom stereocenters. The molecule has 2 rings (SSSR count). The summed E-state index contributed by atoms with van der Waals surface area (Å²) in [6, 6.07) is 4.71. The fourth-order valence-electron chi connectivity index (χ4n) is 1.87. The number of hydrogen-bond acceptors (Lipinski definition) is 4. The van der Waals surface area contributed by atoms with Crippen LogP contribution in [0.4, 0.5) is 11.4 Å². The van der Waals surface area contributed by atoms with Gasteiger partial charge in [0.2, 0.25) is 5.91 Å². The summed E-state index contributed by atoms with van der Waals surface area (Å²) in [5.41, 5.74) is 0.712. The van der Waals surface area contributed by atoms with Crippen LogP contribution in [-0.2, 0) is 4.79 Å². The number of nitrogens with zero attached hydrogens (tertiary/aromatic N) is 2. The van der Waals surface area contributed by atoms with Crippen molar-refractivity contribution in [3.05, 3.63) is 28.3 Å². The fraction of sp³-hybridized carbons (Fsp3) is 0.417. The van der Waals surface area contributed by atoms with E-state index in [2.05, 4.69) is 6.92 Å². The standard InChI is InChI=1S/C12H14N2O3S/c1-2-3-6-13-10-7-9(14(16)17)4-5-11(10)18-8-12(13)15/h4-5,7H,2-3,6,8H2,1H3. The molecule has 1 amide bonds. The predicted molar refractivity (Wildman–Crippen MR) is 71.1 cm³/mol. The first-order chi connectivity index (χ1) is 8.63. The number of thioether (sulfide) groups is 1. The van der Waals surface area contributed by atoms with Crippen molar-refractivity contribution >= 4 is 29.0 Å². The number of non-ortho nitro benzene ring substituents is 1. The van der Waals surface area contributed by atoms with Gasteiger partial charge in [-0.1, -0.05) is 13.3 Å². The molecule has 5 nitrogen and oxygen atoms in total. The zero-order chi connectivity index (χ0) is 13.1. The molecule has 1 aliphatic rings. The lowest BCUT2D eigenvalue weighted by Gasteiger charge is -2.28. The predicted octanol–water partition coefficient (Wildman–Crippen LogP) is 2.83. The molecule has 0 bridgehead atoms. The Hall–Kier alpha value is -1.56. The van der Waals surface area contributed by atoms with Crippen LogP contribution in [0.25, 0.3) is 0 Å². The van der Waals surface area contributed by atoms with Gasteiger partial charge in [-0.25, -0.2) is 0 Å². The van der Waals surface area contributed by atoms with E-state index in [1.54, 1.807) is 11.0 Å². The molecule has 1 aliphatic heterocycles. The average molecular weight is 266 g/mol. The van der Waals surface area contributed by atoms with Crippen LogP contribution in [0.15, 0.2) is 23.1 Å². The Kier molecular flexibility index (Phi) is 3.86. The Morgan fingerprint density at radius 2 is 2.28 bits per heavy atom. The van der Waals surface area contributed by atoms with Crippen LogP contribution in [0, 0.1) is 10.1 Å². The van der Waals surface area contributed by atoms with Crippen molar-refractivity contribution in [3.63, 3.8) is 0 Å². The van der Waals surface area contributed by atoms with Crippen molar-refractivity contribution in [1.82, 2.24) is 0 Å². The molecule has 0 saturated carbocycles. The van der Waals surface area contributed by atoms with Crippen LogP contribution in [0.3, 0.4) is 0 Å². The Labute approximate surface area is 109 Å². The number of fused-ring (bicyclic) bond motifs is 1. The lowest BCUT2D eigenvalue weighted by molar-refractivity contribution is -0.384. The van der Waals surface area contributed by atoms with Crippen LogP contribution in [0.5, 0.6) is 0 Å². The minimum atomic E-state index is -0.429. The van der Waals surface area contributed by atoms with E-state index in [0.717, 1.165) is 17.7 Å². The largest absolute Gasteiger partial charge is 0.310 e. The van der Waals surface area contributed by atoms with Crippen molar-refractivity contribution in [2.45, 2.75) is 24.7 Å². The SMILES string of the molecule is CCCCN1C(=O)CSc2ccc([N+](=O)[O-])cc21. The lowest BCUT2D eigenvalue weighted by Crippen LogP contribution is -2.36. The van der Waals surface area contributed by atoms with Gasteiger partial charge >= 0.3 is 0 Å². The zero-order valence-corrected chi connectivity index (χ0v) is 10.9. The van der Waals surface area contributed by atoms with Crippen molar-refractivity contribution in [2.24, 2.45) is 0 Å². The summed E-state index contributed by atoms with van der Waals surface area (Å²) in [6.07, 6.45) is 1.89. The lowest BCUT2D eigenvalue weighted by atomic mass is 10.2. The number of nitro groups is 1. The second-order valence-electron chi connectivity index (χ2n) is 4.10. The Bertz CT molecular complexity index is 490. The first-order valence-electron chi connectivity index (χ1n) is 5.85. The third kappa shape index (κ3) is 2.48. The van der Waals surface area contributed by atoms with E-state index in [9.17, 15) is 14.9 Å². The van der Waals surface area contributed by atoms with Crippen molar-refractivity contribution in [1.29, 1.82) is 0 Å². The normalized spacial score (nSPS) is 14.5. The molecule has 1 aromatic rings. The molecule has 96 valence electrons. The molecule has 18 heavy (non-hydrogen) atoms. The molecule has 0 unspecified atom stereocenters. The minimum absolute atomic E-state index is 0.0291. The number of benzene rings is 1. The molecular formula is C12H14N2O3S. The van der Waals surface area contributed by atoms with Crippen molar-refractivity contribution in [3.8, 4) is 0 Å². The number of carbonyl (C=O) groups excluding carboxylic acids is 1. The van der Waals surface area contributed by atoms with Gasteiger partial charge in [-0.2, -0.15) is 0 Å². The molecule has 1 aromatic carbocycles. The highest BCUT2D eigenvalue weighted by Crippen LogP contribution is 2.37. The highest BCUT2D eigenvalue weighted by Gasteiger charge is 2.26. The molecule has 0 radical (unpaired) electrons. The smallest absolute Gasteiger partial charge is 0.271 e. The monoisotopic (exact) mass is 266 g/mol. The number of rotatable bonds is 4. The molecule has 0 spiro atoms. The number of unbranched alkanes of at least 4 members (excludes halogenated alkanes) is 1. The summed E-state index contributed by atoms with van der Waals surface area (Å²) in [5.74, 6) is 0.440. The van der Waals surface area contributed by atoms with Crippen LogP contribution >= 0.6 is 11.8 Å². The minimum Gasteiger partial charge on any atom is -0.310 e.